The number of imidazole rings is 1. The molecule has 1 aliphatic carbocycles. The first-order valence-electron chi connectivity index (χ1n) is 6.80. The van der Waals surface area contributed by atoms with Crippen LogP contribution in [0.1, 0.15) is 55.6 Å². The molecule has 0 bridgehead atoms. The van der Waals surface area contributed by atoms with Gasteiger partial charge < -0.3 is 15.0 Å². The van der Waals surface area contributed by atoms with Gasteiger partial charge in [-0.05, 0) is 12.8 Å². The molecule has 94 valence electrons. The maximum Gasteiger partial charge on any atom is 0.111 e. The SMILES string of the molecule is c1nc(C2CCCCC2)[nH]c1C1CNCCO1. The van der Waals surface area contributed by atoms with E-state index < -0.39 is 0 Å². The van der Waals surface area contributed by atoms with Gasteiger partial charge in [-0.25, -0.2) is 4.98 Å². The van der Waals surface area contributed by atoms with Gasteiger partial charge in [0.05, 0.1) is 18.5 Å². The molecule has 1 aromatic rings. The van der Waals surface area contributed by atoms with Crippen LogP contribution in [0.15, 0.2) is 6.20 Å². The molecule has 3 rings (SSSR count). The number of aromatic nitrogens is 2. The highest BCUT2D eigenvalue weighted by Crippen LogP contribution is 2.31. The van der Waals surface area contributed by atoms with E-state index in [-0.39, 0.29) is 6.10 Å². The van der Waals surface area contributed by atoms with Crippen molar-refractivity contribution >= 4 is 0 Å². The van der Waals surface area contributed by atoms with Crippen LogP contribution < -0.4 is 5.32 Å². The summed E-state index contributed by atoms with van der Waals surface area (Å²) < 4.78 is 5.73. The van der Waals surface area contributed by atoms with Crippen molar-refractivity contribution in [3.63, 3.8) is 0 Å². The van der Waals surface area contributed by atoms with E-state index in [0.717, 1.165) is 25.4 Å². The number of hydrogen-bond donors (Lipinski definition) is 2. The third-order valence-electron chi connectivity index (χ3n) is 3.88. The minimum Gasteiger partial charge on any atom is -0.369 e. The Bertz CT molecular complexity index is 319. The summed E-state index contributed by atoms with van der Waals surface area (Å²) in [5.74, 6) is 1.82. The summed E-state index contributed by atoms with van der Waals surface area (Å²) >= 11 is 0. The Labute approximate surface area is 102 Å². The molecular formula is C13H21N3O. The summed E-state index contributed by atoms with van der Waals surface area (Å²) in [6, 6.07) is 0. The van der Waals surface area contributed by atoms with E-state index in [0.29, 0.717) is 5.92 Å². The monoisotopic (exact) mass is 235 g/mol. The van der Waals surface area contributed by atoms with Crippen LogP contribution in [0.3, 0.4) is 0 Å². The maximum atomic E-state index is 5.73. The smallest absolute Gasteiger partial charge is 0.111 e. The minimum absolute atomic E-state index is 0.161. The first kappa shape index (κ1) is 11.2. The highest BCUT2D eigenvalue weighted by Gasteiger charge is 2.22. The Kier molecular flexibility index (Phi) is 3.43. The van der Waals surface area contributed by atoms with Gasteiger partial charge in [-0.15, -0.1) is 0 Å². The van der Waals surface area contributed by atoms with Crippen molar-refractivity contribution in [1.82, 2.24) is 15.3 Å². The normalized spacial score (nSPS) is 27.2. The van der Waals surface area contributed by atoms with Crippen LogP contribution in [0, 0.1) is 0 Å². The molecule has 0 amide bonds. The minimum atomic E-state index is 0.161. The predicted molar refractivity (Wildman–Crippen MR) is 66.0 cm³/mol. The Hall–Kier alpha value is -0.870. The largest absolute Gasteiger partial charge is 0.369 e. The van der Waals surface area contributed by atoms with Crippen molar-refractivity contribution in [2.45, 2.75) is 44.1 Å². The van der Waals surface area contributed by atoms with Gasteiger partial charge >= 0.3 is 0 Å². The van der Waals surface area contributed by atoms with E-state index >= 15 is 0 Å². The lowest BCUT2D eigenvalue weighted by Crippen LogP contribution is -2.33. The van der Waals surface area contributed by atoms with Crippen molar-refractivity contribution < 1.29 is 4.74 Å². The predicted octanol–water partition coefficient (Wildman–Crippen LogP) is 2.12. The highest BCUT2D eigenvalue weighted by atomic mass is 16.5. The van der Waals surface area contributed by atoms with Gasteiger partial charge in [0.25, 0.3) is 0 Å². The molecule has 1 saturated carbocycles. The average Bonchev–Trinajstić information content (AvgIpc) is 2.90. The number of nitrogens with zero attached hydrogens (tertiary/aromatic N) is 1. The summed E-state index contributed by atoms with van der Waals surface area (Å²) in [5, 5.41) is 3.35. The quantitative estimate of drug-likeness (QED) is 0.825. The lowest BCUT2D eigenvalue weighted by atomic mass is 9.89. The molecule has 17 heavy (non-hydrogen) atoms. The van der Waals surface area contributed by atoms with Gasteiger partial charge in [-0.1, -0.05) is 19.3 Å². The van der Waals surface area contributed by atoms with Crippen LogP contribution in [0.25, 0.3) is 0 Å². The highest BCUT2D eigenvalue weighted by molar-refractivity contribution is 5.09. The molecule has 1 aliphatic heterocycles. The second-order valence-corrected chi connectivity index (χ2v) is 5.12. The molecule has 1 unspecified atom stereocenters. The molecule has 2 aliphatic rings. The number of aromatic amines is 1. The zero-order chi connectivity index (χ0) is 11.5. The van der Waals surface area contributed by atoms with Crippen LogP contribution in [0.4, 0.5) is 0 Å². The maximum absolute atomic E-state index is 5.73. The Balaban J connectivity index is 1.68. The fourth-order valence-corrected chi connectivity index (χ4v) is 2.86. The summed E-state index contributed by atoms with van der Waals surface area (Å²) in [6.07, 6.45) is 8.78. The van der Waals surface area contributed by atoms with Crippen LogP contribution >= 0.6 is 0 Å². The first-order valence-corrected chi connectivity index (χ1v) is 6.80. The molecule has 0 radical (unpaired) electrons. The number of ether oxygens (including phenoxy) is 1. The lowest BCUT2D eigenvalue weighted by Gasteiger charge is -2.23. The van der Waals surface area contributed by atoms with Gasteiger partial charge in [-0.2, -0.15) is 0 Å². The molecule has 2 N–H and O–H groups in total. The van der Waals surface area contributed by atoms with Crippen LogP contribution in [0.2, 0.25) is 0 Å². The van der Waals surface area contributed by atoms with Gasteiger partial charge in [-0.3, -0.25) is 0 Å². The molecule has 1 atom stereocenters. The van der Waals surface area contributed by atoms with E-state index in [1.807, 2.05) is 6.20 Å². The number of hydrogen-bond acceptors (Lipinski definition) is 3. The van der Waals surface area contributed by atoms with Crippen LogP contribution in [-0.4, -0.2) is 29.7 Å². The number of H-pyrrole nitrogens is 1. The second-order valence-electron chi connectivity index (χ2n) is 5.12. The summed E-state index contributed by atoms with van der Waals surface area (Å²) in [7, 11) is 0. The molecule has 4 heteroatoms. The average molecular weight is 235 g/mol. The molecule has 0 aromatic carbocycles. The van der Waals surface area contributed by atoms with E-state index in [4.69, 9.17) is 4.74 Å². The standard InChI is InChI=1S/C13H21N3O/c1-2-4-10(5-3-1)13-15-8-11(16-13)12-9-14-6-7-17-12/h8,10,12,14H,1-7,9H2,(H,15,16). The molecule has 2 fully saturated rings. The summed E-state index contributed by atoms with van der Waals surface area (Å²) in [5.41, 5.74) is 1.14. The Morgan fingerprint density at radius 3 is 2.88 bits per heavy atom. The summed E-state index contributed by atoms with van der Waals surface area (Å²) in [4.78, 5) is 8.03. The van der Waals surface area contributed by atoms with Crippen molar-refractivity contribution in [2.24, 2.45) is 0 Å². The van der Waals surface area contributed by atoms with Gasteiger partial charge in [0.15, 0.2) is 0 Å². The first-order chi connectivity index (χ1) is 8.43. The number of rotatable bonds is 2. The molecule has 1 aromatic heterocycles. The molecule has 0 spiro atoms. The zero-order valence-corrected chi connectivity index (χ0v) is 10.2. The molecule has 4 nitrogen and oxygen atoms in total. The third-order valence-corrected chi connectivity index (χ3v) is 3.88. The number of morpholine rings is 1. The molecule has 1 saturated heterocycles. The van der Waals surface area contributed by atoms with Crippen molar-refractivity contribution in [2.75, 3.05) is 19.7 Å². The van der Waals surface area contributed by atoms with E-state index in [1.165, 1.54) is 37.9 Å². The van der Waals surface area contributed by atoms with Crippen LogP contribution in [0.5, 0.6) is 0 Å². The second kappa shape index (κ2) is 5.19. The van der Waals surface area contributed by atoms with Gasteiger partial charge in [0.2, 0.25) is 0 Å². The van der Waals surface area contributed by atoms with E-state index in [2.05, 4.69) is 15.3 Å². The molecule has 2 heterocycles. The van der Waals surface area contributed by atoms with Crippen molar-refractivity contribution in [3.8, 4) is 0 Å². The third kappa shape index (κ3) is 2.53. The molecular weight excluding hydrogens is 214 g/mol. The Morgan fingerprint density at radius 1 is 1.24 bits per heavy atom. The zero-order valence-electron chi connectivity index (χ0n) is 10.2. The fraction of sp³-hybridized carbons (Fsp3) is 0.769. The van der Waals surface area contributed by atoms with Gasteiger partial charge in [0, 0.05) is 19.0 Å². The van der Waals surface area contributed by atoms with Crippen molar-refractivity contribution in [1.29, 1.82) is 0 Å². The van der Waals surface area contributed by atoms with E-state index in [1.54, 1.807) is 0 Å². The van der Waals surface area contributed by atoms with Crippen LogP contribution in [-0.2, 0) is 4.74 Å². The topological polar surface area (TPSA) is 49.9 Å². The van der Waals surface area contributed by atoms with E-state index in [9.17, 15) is 0 Å². The Morgan fingerprint density at radius 2 is 2.12 bits per heavy atom. The van der Waals surface area contributed by atoms with Gasteiger partial charge in [0.1, 0.15) is 11.9 Å². The lowest BCUT2D eigenvalue weighted by molar-refractivity contribution is 0.0252. The van der Waals surface area contributed by atoms with Crippen molar-refractivity contribution in [3.05, 3.63) is 17.7 Å². The fourth-order valence-electron chi connectivity index (χ4n) is 2.86. The number of nitrogens with one attached hydrogen (secondary N) is 2. The summed E-state index contributed by atoms with van der Waals surface area (Å²) in [6.45, 7) is 2.65.